The summed E-state index contributed by atoms with van der Waals surface area (Å²) in [5.74, 6) is -1.81. The molecule has 1 saturated heterocycles. The number of methoxy groups -OCH3 is 1. The highest BCUT2D eigenvalue weighted by Crippen LogP contribution is 2.34. The zero-order valence-corrected chi connectivity index (χ0v) is 20.4. The number of piperidine rings is 1. The molecule has 2 fully saturated rings. The highest BCUT2D eigenvalue weighted by atomic mass is 19.1. The van der Waals surface area contributed by atoms with Crippen LogP contribution in [0.25, 0.3) is 10.9 Å². The number of hydrogen-bond acceptors (Lipinski definition) is 5. The third-order valence-corrected chi connectivity index (χ3v) is 6.85. The fourth-order valence-corrected chi connectivity index (χ4v) is 4.64. The second-order valence-corrected chi connectivity index (χ2v) is 9.47. The summed E-state index contributed by atoms with van der Waals surface area (Å²) in [6.45, 7) is 0.603. The minimum absolute atomic E-state index is 0.0868. The smallest absolute Gasteiger partial charge is 0.268 e. The number of hydrogen-bond donors (Lipinski definition) is 5. The van der Waals surface area contributed by atoms with E-state index in [1.165, 1.54) is 32.4 Å². The van der Waals surface area contributed by atoms with Crippen molar-refractivity contribution in [2.24, 2.45) is 11.8 Å². The molecule has 0 spiro atoms. The van der Waals surface area contributed by atoms with Crippen LogP contribution in [0.5, 0.6) is 5.75 Å². The number of H-pyrrole nitrogens is 1. The molecule has 0 radical (unpaired) electrons. The van der Waals surface area contributed by atoms with Gasteiger partial charge in [-0.25, -0.2) is 4.39 Å². The molecule has 5 N–H and O–H groups in total. The number of carbonyl (C=O) groups is 4. The van der Waals surface area contributed by atoms with E-state index in [1.807, 2.05) is 0 Å². The zero-order valence-electron chi connectivity index (χ0n) is 20.4. The first kappa shape index (κ1) is 25.5. The summed E-state index contributed by atoms with van der Waals surface area (Å²) < 4.78 is 19.5. The average Bonchev–Trinajstić information content (AvgIpc) is 3.57. The molecule has 4 rings (SSSR count). The number of aromatic amines is 1. The molecule has 10 nitrogen and oxygen atoms in total. The normalized spacial score (nSPS) is 19.2. The Morgan fingerprint density at radius 1 is 1.11 bits per heavy atom. The van der Waals surface area contributed by atoms with Gasteiger partial charge in [-0.1, -0.05) is 12.8 Å². The Kier molecular flexibility index (Phi) is 7.76. The number of rotatable bonds is 10. The van der Waals surface area contributed by atoms with E-state index in [0.717, 1.165) is 19.3 Å². The first-order valence-electron chi connectivity index (χ1n) is 12.3. The van der Waals surface area contributed by atoms with Gasteiger partial charge in [0, 0.05) is 24.9 Å². The van der Waals surface area contributed by atoms with E-state index in [-0.39, 0.29) is 29.5 Å². The monoisotopic (exact) mass is 501 g/mol. The van der Waals surface area contributed by atoms with E-state index in [4.69, 9.17) is 4.74 Å². The minimum atomic E-state index is -0.915. The summed E-state index contributed by atoms with van der Waals surface area (Å²) in [5, 5.41) is 11.2. The standard InChI is InChI=1S/C25H32FN5O5/c1-27-23(33)18(11-14-4-3-9-28-22(14)32)31-24(34)17(10-13-5-6-13)30-25(35)19-12-15-20(36-2)8-7-16(26)21(15)29-19/h7-8,12-14,17-18,29H,3-6,9-11H2,1-2H3,(H,27,33)(H,28,32)(H,30,35)(H,31,34)/t14-,17-,18-/m0/s1. The van der Waals surface area contributed by atoms with Crippen LogP contribution < -0.4 is 26.0 Å². The SMILES string of the molecule is CNC(=O)[C@H](C[C@@H]1CCCNC1=O)NC(=O)[C@H](CC1CC1)NC(=O)c1cc2c(OC)ccc(F)c2[nH]1. The maximum absolute atomic E-state index is 14.3. The summed E-state index contributed by atoms with van der Waals surface area (Å²) in [5.41, 5.74) is 0.219. The van der Waals surface area contributed by atoms with Crippen molar-refractivity contribution in [2.45, 2.75) is 50.6 Å². The van der Waals surface area contributed by atoms with Crippen LogP contribution in [-0.2, 0) is 14.4 Å². The second kappa shape index (κ2) is 11.0. The molecule has 1 aliphatic heterocycles. The Hall–Kier alpha value is -3.63. The highest BCUT2D eigenvalue weighted by Gasteiger charge is 2.35. The van der Waals surface area contributed by atoms with Crippen molar-refractivity contribution in [3.05, 3.63) is 29.7 Å². The summed E-state index contributed by atoms with van der Waals surface area (Å²) in [4.78, 5) is 53.8. The van der Waals surface area contributed by atoms with Crippen LogP contribution >= 0.6 is 0 Å². The molecule has 1 saturated carbocycles. The molecule has 1 aromatic carbocycles. The fraction of sp³-hybridized carbons (Fsp3) is 0.520. The first-order chi connectivity index (χ1) is 17.3. The lowest BCUT2D eigenvalue weighted by Gasteiger charge is -2.27. The molecule has 0 unspecified atom stereocenters. The van der Waals surface area contributed by atoms with Gasteiger partial charge in [-0.05, 0) is 49.8 Å². The molecule has 11 heteroatoms. The number of amides is 4. The predicted molar refractivity (Wildman–Crippen MR) is 130 cm³/mol. The number of nitrogens with one attached hydrogen (secondary N) is 5. The van der Waals surface area contributed by atoms with Crippen molar-refractivity contribution in [1.29, 1.82) is 0 Å². The Labute approximate surface area is 208 Å². The van der Waals surface area contributed by atoms with Gasteiger partial charge in [-0.15, -0.1) is 0 Å². The van der Waals surface area contributed by atoms with Crippen LogP contribution in [0.15, 0.2) is 18.2 Å². The molecule has 3 atom stereocenters. The van der Waals surface area contributed by atoms with Crippen LogP contribution in [0.4, 0.5) is 4.39 Å². The quantitative estimate of drug-likeness (QED) is 0.334. The molecule has 194 valence electrons. The zero-order chi connectivity index (χ0) is 25.8. The Morgan fingerprint density at radius 2 is 1.86 bits per heavy atom. The summed E-state index contributed by atoms with van der Waals surface area (Å²) in [6, 6.07) is 2.39. The van der Waals surface area contributed by atoms with Crippen LogP contribution in [-0.4, -0.2) is 61.4 Å². The van der Waals surface area contributed by atoms with Crippen LogP contribution in [0.1, 0.15) is 49.0 Å². The molecular weight excluding hydrogens is 469 g/mol. The van der Waals surface area contributed by atoms with Gasteiger partial charge < -0.3 is 31.0 Å². The maximum atomic E-state index is 14.3. The van der Waals surface area contributed by atoms with E-state index in [1.54, 1.807) is 0 Å². The highest BCUT2D eigenvalue weighted by molar-refractivity contribution is 6.02. The maximum Gasteiger partial charge on any atom is 0.268 e. The van der Waals surface area contributed by atoms with Crippen molar-refractivity contribution >= 4 is 34.5 Å². The fourth-order valence-electron chi connectivity index (χ4n) is 4.64. The van der Waals surface area contributed by atoms with Crippen molar-refractivity contribution < 1.29 is 28.3 Å². The van der Waals surface area contributed by atoms with Crippen molar-refractivity contribution in [2.75, 3.05) is 20.7 Å². The molecule has 1 aliphatic carbocycles. The molecule has 0 bridgehead atoms. The van der Waals surface area contributed by atoms with Gasteiger partial charge in [0.2, 0.25) is 17.7 Å². The molecule has 2 aromatic rings. The van der Waals surface area contributed by atoms with E-state index >= 15 is 0 Å². The lowest BCUT2D eigenvalue weighted by molar-refractivity contribution is -0.132. The number of fused-ring (bicyclic) bond motifs is 1. The van der Waals surface area contributed by atoms with Gasteiger partial charge in [-0.3, -0.25) is 19.2 Å². The van der Waals surface area contributed by atoms with Crippen LogP contribution in [0, 0.1) is 17.7 Å². The Morgan fingerprint density at radius 3 is 2.53 bits per heavy atom. The van der Waals surface area contributed by atoms with Crippen molar-refractivity contribution in [3.8, 4) is 5.75 Å². The average molecular weight is 502 g/mol. The topological polar surface area (TPSA) is 141 Å². The third-order valence-electron chi connectivity index (χ3n) is 6.85. The Bertz CT molecular complexity index is 1160. The van der Waals surface area contributed by atoms with Gasteiger partial charge >= 0.3 is 0 Å². The number of ether oxygens (including phenoxy) is 1. The van der Waals surface area contributed by atoms with Gasteiger partial charge in [0.1, 0.15) is 29.3 Å². The molecule has 4 amide bonds. The molecule has 36 heavy (non-hydrogen) atoms. The first-order valence-corrected chi connectivity index (χ1v) is 12.3. The van der Waals surface area contributed by atoms with Crippen molar-refractivity contribution in [1.82, 2.24) is 26.3 Å². The van der Waals surface area contributed by atoms with Crippen molar-refractivity contribution in [3.63, 3.8) is 0 Å². The van der Waals surface area contributed by atoms with E-state index in [9.17, 15) is 23.6 Å². The molecule has 2 heterocycles. The third kappa shape index (κ3) is 5.77. The lowest BCUT2D eigenvalue weighted by Crippen LogP contribution is -2.54. The molecule has 1 aromatic heterocycles. The van der Waals surface area contributed by atoms with E-state index < -0.39 is 35.6 Å². The molecule has 2 aliphatic rings. The largest absolute Gasteiger partial charge is 0.496 e. The van der Waals surface area contributed by atoms with E-state index in [2.05, 4.69) is 26.3 Å². The molecular formula is C25H32FN5O5. The lowest BCUT2D eigenvalue weighted by atomic mass is 9.91. The number of benzene rings is 1. The predicted octanol–water partition coefficient (Wildman–Crippen LogP) is 1.36. The summed E-state index contributed by atoms with van der Waals surface area (Å²) >= 11 is 0. The number of likely N-dealkylation sites (N-methyl/N-ethyl adjacent to an activating group) is 1. The van der Waals surface area contributed by atoms with E-state index in [0.29, 0.717) is 36.4 Å². The summed E-state index contributed by atoms with van der Waals surface area (Å²) in [7, 11) is 2.92. The number of halogens is 1. The second-order valence-electron chi connectivity index (χ2n) is 9.47. The Balaban J connectivity index is 1.49. The van der Waals surface area contributed by atoms with Gasteiger partial charge in [-0.2, -0.15) is 0 Å². The number of aromatic nitrogens is 1. The van der Waals surface area contributed by atoms with Gasteiger partial charge in [0.25, 0.3) is 5.91 Å². The number of carbonyl (C=O) groups excluding carboxylic acids is 4. The van der Waals surface area contributed by atoms with Gasteiger partial charge in [0.05, 0.1) is 12.6 Å². The minimum Gasteiger partial charge on any atom is -0.496 e. The van der Waals surface area contributed by atoms with Crippen LogP contribution in [0.3, 0.4) is 0 Å². The van der Waals surface area contributed by atoms with Gasteiger partial charge in [0.15, 0.2) is 0 Å². The summed E-state index contributed by atoms with van der Waals surface area (Å²) in [6.07, 6.45) is 3.94. The van der Waals surface area contributed by atoms with Crippen LogP contribution in [0.2, 0.25) is 0 Å².